The van der Waals surface area contributed by atoms with Gasteiger partial charge in [-0.1, -0.05) is 30.3 Å². The summed E-state index contributed by atoms with van der Waals surface area (Å²) >= 11 is 0. The second kappa shape index (κ2) is 9.13. The van der Waals surface area contributed by atoms with Gasteiger partial charge in [0.2, 0.25) is 5.91 Å². The third kappa shape index (κ3) is 5.36. The molecule has 166 valence electrons. The number of anilines is 3. The Hall–Kier alpha value is -4.17. The Morgan fingerprint density at radius 2 is 1.24 bits per heavy atom. The van der Waals surface area contributed by atoms with Gasteiger partial charge < -0.3 is 10.6 Å². The van der Waals surface area contributed by atoms with Crippen molar-refractivity contribution in [1.82, 2.24) is 0 Å². The molecule has 0 unspecified atom stereocenters. The van der Waals surface area contributed by atoms with Gasteiger partial charge in [0.1, 0.15) is 0 Å². The molecule has 2 amide bonds. The number of rotatable bonds is 6. The smallest absolute Gasteiger partial charge is 0.261 e. The van der Waals surface area contributed by atoms with Crippen LogP contribution in [0.1, 0.15) is 17.3 Å². The van der Waals surface area contributed by atoms with E-state index >= 15 is 0 Å². The lowest BCUT2D eigenvalue weighted by atomic mass is 10.1. The van der Waals surface area contributed by atoms with Gasteiger partial charge in [-0.3, -0.25) is 14.3 Å². The molecule has 0 aliphatic heterocycles. The second-order valence-electron chi connectivity index (χ2n) is 7.40. The van der Waals surface area contributed by atoms with Crippen LogP contribution in [-0.2, 0) is 14.8 Å². The maximum atomic E-state index is 12.8. The van der Waals surface area contributed by atoms with Gasteiger partial charge >= 0.3 is 0 Å². The van der Waals surface area contributed by atoms with Crippen LogP contribution in [0.15, 0.2) is 95.9 Å². The Bertz CT molecular complexity index is 1430. The summed E-state index contributed by atoms with van der Waals surface area (Å²) in [6.07, 6.45) is 0. The maximum absolute atomic E-state index is 12.8. The molecule has 0 heterocycles. The minimum Gasteiger partial charge on any atom is -0.326 e. The number of fused-ring (bicyclic) bond motifs is 1. The summed E-state index contributed by atoms with van der Waals surface area (Å²) < 4.78 is 28.1. The molecule has 0 aromatic heterocycles. The quantitative estimate of drug-likeness (QED) is 0.383. The zero-order valence-electron chi connectivity index (χ0n) is 17.7. The topological polar surface area (TPSA) is 104 Å². The molecule has 4 aromatic rings. The van der Waals surface area contributed by atoms with Gasteiger partial charge in [0.15, 0.2) is 0 Å². The van der Waals surface area contributed by atoms with Crippen molar-refractivity contribution in [1.29, 1.82) is 0 Å². The van der Waals surface area contributed by atoms with Crippen LogP contribution in [0.5, 0.6) is 0 Å². The minimum atomic E-state index is -3.78. The zero-order valence-corrected chi connectivity index (χ0v) is 18.5. The van der Waals surface area contributed by atoms with Crippen LogP contribution in [0.3, 0.4) is 0 Å². The summed E-state index contributed by atoms with van der Waals surface area (Å²) in [6, 6.07) is 25.3. The summed E-state index contributed by atoms with van der Waals surface area (Å²) in [5, 5.41) is 7.20. The Morgan fingerprint density at radius 1 is 0.667 bits per heavy atom. The monoisotopic (exact) mass is 459 g/mol. The maximum Gasteiger partial charge on any atom is 0.261 e. The molecule has 4 aromatic carbocycles. The molecule has 0 aliphatic rings. The van der Waals surface area contributed by atoms with E-state index in [1.165, 1.54) is 19.1 Å². The van der Waals surface area contributed by atoms with Crippen molar-refractivity contribution in [2.75, 3.05) is 15.4 Å². The lowest BCUT2D eigenvalue weighted by Gasteiger charge is -2.10. The van der Waals surface area contributed by atoms with E-state index in [9.17, 15) is 18.0 Å². The summed E-state index contributed by atoms with van der Waals surface area (Å²) in [7, 11) is -3.78. The normalized spacial score (nSPS) is 11.1. The number of benzene rings is 4. The SMILES string of the molecule is CC(=O)Nc1ccc(NC(=O)c2ccc(NS(=O)(=O)c3ccc4ccccc4c3)cc2)cc1. The standard InChI is InChI=1S/C25H21N3O4S/c1-17(29)26-21-11-13-22(14-12-21)27-25(30)19-6-9-23(10-7-19)28-33(31,32)24-15-8-18-4-2-3-5-20(18)16-24/h2-16,28H,1H3,(H,26,29)(H,27,30). The fraction of sp³-hybridized carbons (Fsp3) is 0.0400. The highest BCUT2D eigenvalue weighted by atomic mass is 32.2. The first-order valence-corrected chi connectivity index (χ1v) is 11.6. The fourth-order valence-corrected chi connectivity index (χ4v) is 4.38. The number of carbonyl (C=O) groups excluding carboxylic acids is 2. The van der Waals surface area contributed by atoms with Crippen LogP contribution in [-0.4, -0.2) is 20.2 Å². The van der Waals surface area contributed by atoms with Crippen molar-refractivity contribution in [2.45, 2.75) is 11.8 Å². The van der Waals surface area contributed by atoms with E-state index in [1.807, 2.05) is 24.3 Å². The van der Waals surface area contributed by atoms with E-state index in [0.29, 0.717) is 22.6 Å². The van der Waals surface area contributed by atoms with E-state index in [2.05, 4.69) is 15.4 Å². The molecule has 4 rings (SSSR count). The number of sulfonamides is 1. The predicted molar refractivity (Wildman–Crippen MR) is 130 cm³/mol. The molecule has 0 radical (unpaired) electrons. The average Bonchev–Trinajstić information content (AvgIpc) is 2.80. The van der Waals surface area contributed by atoms with Gasteiger partial charge in [0.05, 0.1) is 4.90 Å². The van der Waals surface area contributed by atoms with Gasteiger partial charge in [-0.05, 0) is 71.4 Å². The molecule has 0 bridgehead atoms. The van der Waals surface area contributed by atoms with Gasteiger partial charge in [-0.2, -0.15) is 0 Å². The molecular weight excluding hydrogens is 438 g/mol. The zero-order chi connectivity index (χ0) is 23.4. The Labute approximate surface area is 191 Å². The highest BCUT2D eigenvalue weighted by Gasteiger charge is 2.15. The molecule has 7 nitrogen and oxygen atoms in total. The number of nitrogens with one attached hydrogen (secondary N) is 3. The molecule has 0 atom stereocenters. The van der Waals surface area contributed by atoms with Crippen molar-refractivity contribution >= 4 is 49.7 Å². The summed E-state index contributed by atoms with van der Waals surface area (Å²) in [5.41, 5.74) is 1.91. The Morgan fingerprint density at radius 3 is 1.88 bits per heavy atom. The molecule has 0 aliphatic carbocycles. The van der Waals surface area contributed by atoms with Gasteiger partial charge in [0.25, 0.3) is 15.9 Å². The third-order valence-electron chi connectivity index (χ3n) is 4.89. The lowest BCUT2D eigenvalue weighted by molar-refractivity contribution is -0.114. The molecule has 0 saturated carbocycles. The molecule has 0 fully saturated rings. The summed E-state index contributed by atoms with van der Waals surface area (Å²) in [6.45, 7) is 1.42. The van der Waals surface area contributed by atoms with Gasteiger partial charge in [-0.15, -0.1) is 0 Å². The van der Waals surface area contributed by atoms with E-state index in [0.717, 1.165) is 10.8 Å². The van der Waals surface area contributed by atoms with Crippen LogP contribution >= 0.6 is 0 Å². The van der Waals surface area contributed by atoms with E-state index < -0.39 is 10.0 Å². The van der Waals surface area contributed by atoms with Gasteiger partial charge in [0, 0.05) is 29.5 Å². The first-order valence-electron chi connectivity index (χ1n) is 10.1. The first-order chi connectivity index (χ1) is 15.8. The highest BCUT2D eigenvalue weighted by molar-refractivity contribution is 7.92. The number of carbonyl (C=O) groups is 2. The van der Waals surface area contributed by atoms with E-state index in [4.69, 9.17) is 0 Å². The van der Waals surface area contributed by atoms with Crippen LogP contribution in [0, 0.1) is 0 Å². The second-order valence-corrected chi connectivity index (χ2v) is 9.09. The van der Waals surface area contributed by atoms with Crippen LogP contribution in [0.2, 0.25) is 0 Å². The van der Waals surface area contributed by atoms with E-state index in [1.54, 1.807) is 54.6 Å². The highest BCUT2D eigenvalue weighted by Crippen LogP contribution is 2.22. The molecule has 8 heteroatoms. The van der Waals surface area contributed by atoms with E-state index in [-0.39, 0.29) is 16.7 Å². The van der Waals surface area contributed by atoms with Gasteiger partial charge in [-0.25, -0.2) is 8.42 Å². The lowest BCUT2D eigenvalue weighted by Crippen LogP contribution is -2.14. The van der Waals surface area contributed by atoms with Crippen LogP contribution < -0.4 is 15.4 Å². The first kappa shape index (κ1) is 22.0. The van der Waals surface area contributed by atoms with Crippen molar-refractivity contribution in [3.63, 3.8) is 0 Å². The summed E-state index contributed by atoms with van der Waals surface area (Å²) in [4.78, 5) is 23.7. The largest absolute Gasteiger partial charge is 0.326 e. The molecule has 33 heavy (non-hydrogen) atoms. The number of amides is 2. The molecular formula is C25H21N3O4S. The minimum absolute atomic E-state index is 0.158. The Kier molecular flexibility index (Phi) is 6.10. The van der Waals surface area contributed by atoms with Crippen LogP contribution in [0.4, 0.5) is 17.1 Å². The fourth-order valence-electron chi connectivity index (χ4n) is 3.28. The summed E-state index contributed by atoms with van der Waals surface area (Å²) in [5.74, 6) is -0.519. The number of hydrogen-bond donors (Lipinski definition) is 3. The Balaban J connectivity index is 1.43. The average molecular weight is 460 g/mol. The van der Waals surface area contributed by atoms with Crippen molar-refractivity contribution < 1.29 is 18.0 Å². The van der Waals surface area contributed by atoms with Crippen molar-refractivity contribution in [3.8, 4) is 0 Å². The molecule has 3 N–H and O–H groups in total. The number of hydrogen-bond acceptors (Lipinski definition) is 4. The molecule has 0 saturated heterocycles. The predicted octanol–water partition coefficient (Wildman–Crippen LogP) is 4.85. The van der Waals surface area contributed by atoms with Crippen LogP contribution in [0.25, 0.3) is 10.8 Å². The third-order valence-corrected chi connectivity index (χ3v) is 6.27. The van der Waals surface area contributed by atoms with Crippen molar-refractivity contribution in [3.05, 3.63) is 96.6 Å². The van der Waals surface area contributed by atoms with Crippen molar-refractivity contribution in [2.24, 2.45) is 0 Å². The molecule has 0 spiro atoms.